The highest BCUT2D eigenvalue weighted by Gasteiger charge is 2.44. The van der Waals surface area contributed by atoms with Crippen molar-refractivity contribution in [3.8, 4) is 0 Å². The predicted octanol–water partition coefficient (Wildman–Crippen LogP) is 1.30. The monoisotopic (exact) mass is 183 g/mol. The summed E-state index contributed by atoms with van der Waals surface area (Å²) in [5, 5.41) is 14.2. The number of hydrogen-bond acceptors (Lipinski definition) is 3. The van der Waals surface area contributed by atoms with Gasteiger partial charge in [0.15, 0.2) is 0 Å². The Morgan fingerprint density at radius 2 is 2.42 bits per heavy atom. The molecule has 1 aromatic rings. The van der Waals surface area contributed by atoms with Gasteiger partial charge in [-0.15, -0.1) is 0 Å². The molecular formula is C9H13NOS. The molecular weight excluding hydrogens is 170 g/mol. The molecule has 1 aliphatic carbocycles. The molecule has 12 heavy (non-hydrogen) atoms. The van der Waals surface area contributed by atoms with Crippen LogP contribution in [0.5, 0.6) is 0 Å². The van der Waals surface area contributed by atoms with E-state index in [4.69, 9.17) is 5.73 Å². The summed E-state index contributed by atoms with van der Waals surface area (Å²) < 4.78 is 0. The number of thiophene rings is 1. The topological polar surface area (TPSA) is 46.2 Å². The molecule has 3 heteroatoms. The van der Waals surface area contributed by atoms with E-state index in [1.807, 2.05) is 16.8 Å². The van der Waals surface area contributed by atoms with Gasteiger partial charge in [-0.3, -0.25) is 0 Å². The van der Waals surface area contributed by atoms with Crippen LogP contribution in [-0.4, -0.2) is 11.7 Å². The van der Waals surface area contributed by atoms with Crippen molar-refractivity contribution in [2.45, 2.75) is 18.4 Å². The summed E-state index contributed by atoms with van der Waals surface area (Å²) in [6.45, 7) is 0.342. The Kier molecular flexibility index (Phi) is 1.94. The van der Waals surface area contributed by atoms with Crippen molar-refractivity contribution < 1.29 is 5.11 Å². The molecule has 0 radical (unpaired) electrons. The van der Waals surface area contributed by atoms with Crippen LogP contribution in [0.4, 0.5) is 0 Å². The Morgan fingerprint density at radius 1 is 1.67 bits per heavy atom. The molecule has 1 aromatic heterocycles. The van der Waals surface area contributed by atoms with Gasteiger partial charge in [0.05, 0.1) is 0 Å². The summed E-state index contributed by atoms with van der Waals surface area (Å²) in [5.74, 6) is 0.400. The molecule has 0 bridgehead atoms. The van der Waals surface area contributed by atoms with Crippen molar-refractivity contribution in [3.63, 3.8) is 0 Å². The van der Waals surface area contributed by atoms with Gasteiger partial charge < -0.3 is 10.8 Å². The first-order chi connectivity index (χ1) is 5.77. The smallest absolute Gasteiger partial charge is 0.105 e. The van der Waals surface area contributed by atoms with Crippen LogP contribution in [0.3, 0.4) is 0 Å². The summed E-state index contributed by atoms with van der Waals surface area (Å²) >= 11 is 1.61. The van der Waals surface area contributed by atoms with Gasteiger partial charge in [-0.1, -0.05) is 0 Å². The molecule has 1 atom stereocenters. The van der Waals surface area contributed by atoms with Gasteiger partial charge in [-0.25, -0.2) is 0 Å². The van der Waals surface area contributed by atoms with Crippen molar-refractivity contribution >= 4 is 11.3 Å². The maximum Gasteiger partial charge on any atom is 0.105 e. The molecule has 1 saturated carbocycles. The number of rotatable bonds is 3. The Hall–Kier alpha value is -0.380. The van der Waals surface area contributed by atoms with Crippen LogP contribution < -0.4 is 5.73 Å². The van der Waals surface area contributed by atoms with E-state index in [1.54, 1.807) is 11.3 Å². The van der Waals surface area contributed by atoms with Crippen LogP contribution in [0.1, 0.15) is 18.4 Å². The summed E-state index contributed by atoms with van der Waals surface area (Å²) in [5.41, 5.74) is 5.86. The molecule has 1 unspecified atom stereocenters. The zero-order valence-corrected chi connectivity index (χ0v) is 7.68. The third kappa shape index (κ3) is 1.18. The number of nitrogens with two attached hydrogens (primary N) is 1. The largest absolute Gasteiger partial charge is 0.384 e. The Labute approximate surface area is 76.0 Å². The SMILES string of the molecule is NCC(O)(c1ccsc1)C1CC1. The van der Waals surface area contributed by atoms with Crippen LogP contribution in [0.15, 0.2) is 16.8 Å². The Bertz CT molecular complexity index is 256. The normalized spacial score (nSPS) is 22.2. The lowest BCUT2D eigenvalue weighted by Crippen LogP contribution is -2.36. The maximum atomic E-state index is 10.2. The average Bonchev–Trinajstić information content (AvgIpc) is 2.80. The fourth-order valence-electron chi connectivity index (χ4n) is 1.59. The third-order valence-electron chi connectivity index (χ3n) is 2.58. The third-order valence-corrected chi connectivity index (χ3v) is 3.27. The van der Waals surface area contributed by atoms with Gasteiger partial charge in [-0.05, 0) is 41.1 Å². The van der Waals surface area contributed by atoms with E-state index in [1.165, 1.54) is 0 Å². The fourth-order valence-corrected chi connectivity index (χ4v) is 2.32. The second-order valence-electron chi connectivity index (χ2n) is 3.41. The molecule has 0 aromatic carbocycles. The van der Waals surface area contributed by atoms with E-state index in [0.717, 1.165) is 18.4 Å². The number of aliphatic hydroxyl groups is 1. The zero-order valence-electron chi connectivity index (χ0n) is 6.86. The maximum absolute atomic E-state index is 10.2. The summed E-state index contributed by atoms with van der Waals surface area (Å²) in [7, 11) is 0. The van der Waals surface area contributed by atoms with Crippen molar-refractivity contribution in [3.05, 3.63) is 22.4 Å². The highest BCUT2D eigenvalue weighted by Crippen LogP contribution is 2.45. The first kappa shape index (κ1) is 8.23. The minimum Gasteiger partial charge on any atom is -0.384 e. The van der Waals surface area contributed by atoms with Gasteiger partial charge in [0, 0.05) is 6.54 Å². The number of hydrogen-bond donors (Lipinski definition) is 2. The van der Waals surface area contributed by atoms with E-state index in [9.17, 15) is 5.11 Å². The van der Waals surface area contributed by atoms with Gasteiger partial charge >= 0.3 is 0 Å². The summed E-state index contributed by atoms with van der Waals surface area (Å²) in [4.78, 5) is 0. The molecule has 0 spiro atoms. The lowest BCUT2D eigenvalue weighted by atomic mass is 9.91. The van der Waals surface area contributed by atoms with Crippen molar-refractivity contribution in [1.29, 1.82) is 0 Å². The quantitative estimate of drug-likeness (QED) is 0.742. The molecule has 0 amide bonds. The first-order valence-electron chi connectivity index (χ1n) is 4.22. The summed E-state index contributed by atoms with van der Waals surface area (Å²) in [6, 6.07) is 1.97. The molecule has 3 N–H and O–H groups in total. The molecule has 0 saturated heterocycles. The van der Waals surface area contributed by atoms with Gasteiger partial charge in [0.1, 0.15) is 5.60 Å². The fraction of sp³-hybridized carbons (Fsp3) is 0.556. The van der Waals surface area contributed by atoms with Crippen LogP contribution in [0, 0.1) is 5.92 Å². The molecule has 2 rings (SSSR count). The van der Waals surface area contributed by atoms with Gasteiger partial charge in [0.2, 0.25) is 0 Å². The van der Waals surface area contributed by atoms with Crippen LogP contribution in [0.2, 0.25) is 0 Å². The highest BCUT2D eigenvalue weighted by molar-refractivity contribution is 7.08. The van der Waals surface area contributed by atoms with Crippen molar-refractivity contribution in [2.24, 2.45) is 11.7 Å². The zero-order chi connectivity index (χ0) is 8.60. The van der Waals surface area contributed by atoms with Crippen molar-refractivity contribution in [1.82, 2.24) is 0 Å². The van der Waals surface area contributed by atoms with Gasteiger partial charge in [0.25, 0.3) is 0 Å². The van der Waals surface area contributed by atoms with E-state index in [0.29, 0.717) is 12.5 Å². The lowest BCUT2D eigenvalue weighted by molar-refractivity contribution is 0.0226. The van der Waals surface area contributed by atoms with E-state index >= 15 is 0 Å². The standard InChI is InChI=1S/C9H13NOS/c10-6-9(11,7-1-2-7)8-3-4-12-5-8/h3-5,7,11H,1-2,6,10H2. The minimum absolute atomic E-state index is 0.342. The minimum atomic E-state index is -0.736. The second kappa shape index (κ2) is 2.83. The predicted molar refractivity (Wildman–Crippen MR) is 50.0 cm³/mol. The summed E-state index contributed by atoms with van der Waals surface area (Å²) in [6.07, 6.45) is 2.23. The van der Waals surface area contributed by atoms with E-state index in [-0.39, 0.29) is 0 Å². The molecule has 1 heterocycles. The molecule has 1 aliphatic rings. The van der Waals surface area contributed by atoms with Crippen LogP contribution in [0.25, 0.3) is 0 Å². The van der Waals surface area contributed by atoms with E-state index in [2.05, 4.69) is 0 Å². The van der Waals surface area contributed by atoms with E-state index < -0.39 is 5.60 Å². The van der Waals surface area contributed by atoms with Crippen molar-refractivity contribution in [2.75, 3.05) is 6.54 Å². The Morgan fingerprint density at radius 3 is 2.83 bits per heavy atom. The Balaban J connectivity index is 2.27. The molecule has 66 valence electrons. The lowest BCUT2D eigenvalue weighted by Gasteiger charge is -2.25. The van der Waals surface area contributed by atoms with Gasteiger partial charge in [-0.2, -0.15) is 11.3 Å². The second-order valence-corrected chi connectivity index (χ2v) is 4.19. The first-order valence-corrected chi connectivity index (χ1v) is 5.17. The van der Waals surface area contributed by atoms with Crippen LogP contribution >= 0.6 is 11.3 Å². The van der Waals surface area contributed by atoms with Crippen LogP contribution in [-0.2, 0) is 5.60 Å². The molecule has 2 nitrogen and oxygen atoms in total. The highest BCUT2D eigenvalue weighted by atomic mass is 32.1. The molecule has 0 aliphatic heterocycles. The molecule has 1 fully saturated rings. The average molecular weight is 183 g/mol.